The maximum absolute atomic E-state index is 13.6. The van der Waals surface area contributed by atoms with Gasteiger partial charge in [-0.05, 0) is 24.3 Å². The molecule has 0 saturated carbocycles. The Kier molecular flexibility index (Phi) is 4.48. The first-order valence-electron chi connectivity index (χ1n) is 7.30. The lowest BCUT2D eigenvalue weighted by Gasteiger charge is -2.10. The zero-order valence-corrected chi connectivity index (χ0v) is 12.6. The highest BCUT2D eigenvalue weighted by Crippen LogP contribution is 2.18. The molecule has 3 rings (SSSR count). The van der Waals surface area contributed by atoms with Crippen molar-refractivity contribution in [2.75, 3.05) is 0 Å². The number of aromatic amines is 1. The van der Waals surface area contributed by atoms with Crippen LogP contribution in [0.2, 0.25) is 0 Å². The third-order valence-electron chi connectivity index (χ3n) is 3.52. The first kappa shape index (κ1) is 16.0. The highest BCUT2D eigenvalue weighted by molar-refractivity contribution is 5.82. The second kappa shape index (κ2) is 6.71. The van der Waals surface area contributed by atoms with Crippen LogP contribution in [0.25, 0.3) is 11.0 Å². The molecule has 124 valence electrons. The predicted octanol–water partition coefficient (Wildman–Crippen LogP) is 1.42. The van der Waals surface area contributed by atoms with Crippen LogP contribution in [0.1, 0.15) is 11.5 Å². The summed E-state index contributed by atoms with van der Waals surface area (Å²) in [6.07, 6.45) is 1.93. The van der Waals surface area contributed by atoms with Crippen LogP contribution < -0.4 is 11.1 Å². The van der Waals surface area contributed by atoms with Gasteiger partial charge in [0.15, 0.2) is 11.6 Å². The number of pyridine rings is 1. The van der Waals surface area contributed by atoms with Crippen LogP contribution in [0.15, 0.2) is 36.5 Å². The largest absolute Gasteiger partial charge is 0.348 e. The molecule has 0 aliphatic carbocycles. The Bertz CT molecular complexity index is 866. The van der Waals surface area contributed by atoms with Gasteiger partial charge in [-0.2, -0.15) is 0 Å². The monoisotopic (exact) mass is 331 g/mol. The van der Waals surface area contributed by atoms with E-state index in [9.17, 15) is 13.6 Å². The van der Waals surface area contributed by atoms with Gasteiger partial charge in [0, 0.05) is 18.3 Å². The molecule has 3 aromatic rings. The Balaban J connectivity index is 1.63. The van der Waals surface area contributed by atoms with Gasteiger partial charge in [-0.15, -0.1) is 0 Å². The summed E-state index contributed by atoms with van der Waals surface area (Å²) in [5.74, 6) is -2.06. The lowest BCUT2D eigenvalue weighted by Crippen LogP contribution is -2.41. The average molecular weight is 331 g/mol. The summed E-state index contributed by atoms with van der Waals surface area (Å²) in [4.78, 5) is 22.9. The predicted molar refractivity (Wildman–Crippen MR) is 83.8 cm³/mol. The SMILES string of the molecule is N[C@H](Cc1ccccn1)C(=O)NCc1nc2c(F)c(F)ccc2[nH]1. The van der Waals surface area contributed by atoms with Gasteiger partial charge in [-0.3, -0.25) is 9.78 Å². The number of amides is 1. The van der Waals surface area contributed by atoms with E-state index in [1.807, 2.05) is 6.07 Å². The number of nitrogens with zero attached hydrogens (tertiary/aromatic N) is 2. The number of carbonyl (C=O) groups is 1. The molecular formula is C16H15F2N5O. The van der Waals surface area contributed by atoms with E-state index in [0.29, 0.717) is 23.5 Å². The quantitative estimate of drug-likeness (QED) is 0.659. The van der Waals surface area contributed by atoms with Crippen LogP contribution in [0.5, 0.6) is 0 Å². The minimum absolute atomic E-state index is 0.0322. The lowest BCUT2D eigenvalue weighted by atomic mass is 10.1. The fourth-order valence-electron chi connectivity index (χ4n) is 2.29. The van der Waals surface area contributed by atoms with Crippen molar-refractivity contribution in [1.82, 2.24) is 20.3 Å². The number of nitrogens with two attached hydrogens (primary N) is 1. The van der Waals surface area contributed by atoms with Gasteiger partial charge in [0.05, 0.1) is 18.1 Å². The number of halogens is 2. The topological polar surface area (TPSA) is 96.7 Å². The van der Waals surface area contributed by atoms with Gasteiger partial charge >= 0.3 is 0 Å². The van der Waals surface area contributed by atoms with E-state index in [1.54, 1.807) is 18.3 Å². The van der Waals surface area contributed by atoms with E-state index in [4.69, 9.17) is 5.73 Å². The van der Waals surface area contributed by atoms with Crippen molar-refractivity contribution in [3.8, 4) is 0 Å². The molecule has 2 heterocycles. The highest BCUT2D eigenvalue weighted by Gasteiger charge is 2.16. The number of aromatic nitrogens is 3. The Morgan fingerprint density at radius 3 is 2.88 bits per heavy atom. The number of nitrogens with one attached hydrogen (secondary N) is 2. The molecule has 1 amide bonds. The molecule has 0 spiro atoms. The molecule has 1 aromatic carbocycles. The molecule has 0 unspecified atom stereocenters. The van der Waals surface area contributed by atoms with E-state index < -0.39 is 17.7 Å². The molecule has 0 saturated heterocycles. The van der Waals surface area contributed by atoms with Gasteiger partial charge in [0.25, 0.3) is 0 Å². The van der Waals surface area contributed by atoms with E-state index in [0.717, 1.165) is 6.07 Å². The summed E-state index contributed by atoms with van der Waals surface area (Å²) in [7, 11) is 0. The van der Waals surface area contributed by atoms with Gasteiger partial charge < -0.3 is 16.0 Å². The molecule has 0 radical (unpaired) electrons. The molecular weight excluding hydrogens is 316 g/mol. The standard InChI is InChI=1S/C16H15F2N5O/c17-10-4-5-12-15(14(10)18)23-13(22-12)8-21-16(24)11(19)7-9-3-1-2-6-20-9/h1-6,11H,7-8,19H2,(H,21,24)(H,22,23)/t11-/m1/s1. The summed E-state index contributed by atoms with van der Waals surface area (Å²) >= 11 is 0. The molecule has 0 bridgehead atoms. The van der Waals surface area contributed by atoms with Gasteiger partial charge in [0.2, 0.25) is 5.91 Å². The lowest BCUT2D eigenvalue weighted by molar-refractivity contribution is -0.122. The Morgan fingerprint density at radius 1 is 1.29 bits per heavy atom. The van der Waals surface area contributed by atoms with Crippen LogP contribution in [-0.4, -0.2) is 26.9 Å². The zero-order valence-electron chi connectivity index (χ0n) is 12.6. The normalized spacial score (nSPS) is 12.3. The van der Waals surface area contributed by atoms with E-state index in [1.165, 1.54) is 6.07 Å². The maximum Gasteiger partial charge on any atom is 0.237 e. The molecule has 0 aliphatic heterocycles. The minimum atomic E-state index is -1.02. The number of hydrogen-bond donors (Lipinski definition) is 3. The first-order valence-corrected chi connectivity index (χ1v) is 7.30. The summed E-state index contributed by atoms with van der Waals surface area (Å²) in [6, 6.07) is 7.01. The third-order valence-corrected chi connectivity index (χ3v) is 3.52. The number of hydrogen-bond acceptors (Lipinski definition) is 4. The number of fused-ring (bicyclic) bond motifs is 1. The molecule has 0 fully saturated rings. The fraction of sp³-hybridized carbons (Fsp3) is 0.188. The number of benzene rings is 1. The Hall–Kier alpha value is -2.87. The Labute approximate surface area is 136 Å². The summed E-state index contributed by atoms with van der Waals surface area (Å²) < 4.78 is 26.8. The number of carbonyl (C=O) groups excluding carboxylic acids is 1. The van der Waals surface area contributed by atoms with Crippen molar-refractivity contribution >= 4 is 16.9 Å². The molecule has 8 heteroatoms. The molecule has 6 nitrogen and oxygen atoms in total. The van der Waals surface area contributed by atoms with Crippen molar-refractivity contribution in [2.45, 2.75) is 19.0 Å². The molecule has 4 N–H and O–H groups in total. The maximum atomic E-state index is 13.6. The molecule has 24 heavy (non-hydrogen) atoms. The van der Waals surface area contributed by atoms with E-state index in [-0.39, 0.29) is 18.0 Å². The van der Waals surface area contributed by atoms with Crippen molar-refractivity contribution in [3.63, 3.8) is 0 Å². The van der Waals surface area contributed by atoms with Gasteiger partial charge in [-0.25, -0.2) is 13.8 Å². The summed E-state index contributed by atoms with van der Waals surface area (Å²) in [5.41, 5.74) is 6.81. The molecule has 2 aromatic heterocycles. The van der Waals surface area contributed by atoms with Crippen LogP contribution in [0.3, 0.4) is 0 Å². The van der Waals surface area contributed by atoms with Crippen LogP contribution in [0, 0.1) is 11.6 Å². The van der Waals surface area contributed by atoms with Crippen molar-refractivity contribution in [3.05, 3.63) is 59.7 Å². The third kappa shape index (κ3) is 3.38. The molecule has 1 atom stereocenters. The number of imidazole rings is 1. The highest BCUT2D eigenvalue weighted by atomic mass is 19.2. The van der Waals surface area contributed by atoms with E-state index in [2.05, 4.69) is 20.3 Å². The molecule has 0 aliphatic rings. The van der Waals surface area contributed by atoms with Crippen molar-refractivity contribution in [1.29, 1.82) is 0 Å². The van der Waals surface area contributed by atoms with Gasteiger partial charge in [-0.1, -0.05) is 6.07 Å². The smallest absolute Gasteiger partial charge is 0.237 e. The number of H-pyrrole nitrogens is 1. The van der Waals surface area contributed by atoms with Crippen molar-refractivity contribution in [2.24, 2.45) is 5.73 Å². The fourth-order valence-corrected chi connectivity index (χ4v) is 2.29. The second-order valence-electron chi connectivity index (χ2n) is 5.29. The van der Waals surface area contributed by atoms with E-state index >= 15 is 0 Å². The van der Waals surface area contributed by atoms with Crippen molar-refractivity contribution < 1.29 is 13.6 Å². The summed E-state index contributed by atoms with van der Waals surface area (Å²) in [6.45, 7) is 0.0322. The van der Waals surface area contributed by atoms with Crippen LogP contribution in [0.4, 0.5) is 8.78 Å². The van der Waals surface area contributed by atoms with Crippen LogP contribution >= 0.6 is 0 Å². The summed E-state index contributed by atoms with van der Waals surface area (Å²) in [5, 5.41) is 2.61. The second-order valence-corrected chi connectivity index (χ2v) is 5.29. The average Bonchev–Trinajstić information content (AvgIpc) is 3.01. The van der Waals surface area contributed by atoms with Gasteiger partial charge in [0.1, 0.15) is 11.3 Å². The van der Waals surface area contributed by atoms with Crippen LogP contribution in [-0.2, 0) is 17.8 Å². The zero-order chi connectivity index (χ0) is 17.1. The minimum Gasteiger partial charge on any atom is -0.348 e. The Morgan fingerprint density at radius 2 is 2.12 bits per heavy atom. The first-order chi connectivity index (χ1) is 11.5. The number of rotatable bonds is 5.